The molecule has 3 N–H and O–H groups in total. The van der Waals surface area contributed by atoms with E-state index in [4.69, 9.17) is 5.11 Å². The van der Waals surface area contributed by atoms with Crippen molar-refractivity contribution in [1.29, 1.82) is 0 Å². The van der Waals surface area contributed by atoms with Crippen LogP contribution >= 0.6 is 0 Å². The van der Waals surface area contributed by atoms with Crippen LogP contribution < -0.4 is 10.6 Å². The molecule has 0 saturated heterocycles. The molecular weight excluding hydrogens is 240 g/mol. The Morgan fingerprint density at radius 1 is 1.21 bits per heavy atom. The topological polar surface area (TPSA) is 61.4 Å². The van der Waals surface area contributed by atoms with Gasteiger partial charge in [-0.15, -0.1) is 0 Å². The van der Waals surface area contributed by atoms with Gasteiger partial charge in [0.05, 0.1) is 12.6 Å². The quantitative estimate of drug-likeness (QED) is 0.785. The molecule has 1 unspecified atom stereocenters. The van der Waals surface area contributed by atoms with Crippen LogP contribution in [-0.4, -0.2) is 23.8 Å². The number of aliphatic hydroxyl groups is 1. The Hall–Kier alpha value is -2.07. The molecule has 2 aromatic rings. The number of nitrogens with one attached hydrogen (secondary N) is 2. The maximum Gasteiger partial charge on any atom is 0.315 e. The fourth-order valence-corrected chi connectivity index (χ4v) is 1.94. The fraction of sp³-hybridized carbons (Fsp3) is 0.267. The van der Waals surface area contributed by atoms with Crippen molar-refractivity contribution < 1.29 is 9.90 Å². The maximum absolute atomic E-state index is 11.6. The van der Waals surface area contributed by atoms with Crippen molar-refractivity contribution in [3.05, 3.63) is 48.0 Å². The van der Waals surface area contributed by atoms with E-state index in [2.05, 4.69) is 10.6 Å². The van der Waals surface area contributed by atoms with Gasteiger partial charge in [-0.3, -0.25) is 0 Å². The number of hydrogen-bond acceptors (Lipinski definition) is 2. The summed E-state index contributed by atoms with van der Waals surface area (Å²) < 4.78 is 0. The van der Waals surface area contributed by atoms with Crippen molar-refractivity contribution in [1.82, 2.24) is 10.6 Å². The van der Waals surface area contributed by atoms with E-state index in [1.54, 1.807) is 6.92 Å². The second-order valence-electron chi connectivity index (χ2n) is 4.55. The lowest BCUT2D eigenvalue weighted by Crippen LogP contribution is -2.41. The number of amides is 2. The molecule has 0 spiro atoms. The number of carbonyl (C=O) groups excluding carboxylic acids is 1. The van der Waals surface area contributed by atoms with Gasteiger partial charge in [0, 0.05) is 6.54 Å². The zero-order valence-corrected chi connectivity index (χ0v) is 10.9. The normalized spacial score (nSPS) is 12.1. The molecule has 0 bridgehead atoms. The SMILES string of the molecule is CC(CO)NC(=O)NCc1cccc2ccccc12. The van der Waals surface area contributed by atoms with E-state index in [-0.39, 0.29) is 18.7 Å². The Bertz CT molecular complexity index is 564. The third-order valence-electron chi connectivity index (χ3n) is 2.97. The van der Waals surface area contributed by atoms with Crippen LogP contribution in [0.2, 0.25) is 0 Å². The average Bonchev–Trinajstić information content (AvgIpc) is 2.44. The average molecular weight is 258 g/mol. The van der Waals surface area contributed by atoms with Crippen molar-refractivity contribution in [2.24, 2.45) is 0 Å². The summed E-state index contributed by atoms with van der Waals surface area (Å²) in [5.74, 6) is 0. The molecule has 0 saturated carbocycles. The van der Waals surface area contributed by atoms with Crippen LogP contribution in [0.15, 0.2) is 42.5 Å². The highest BCUT2D eigenvalue weighted by atomic mass is 16.3. The zero-order chi connectivity index (χ0) is 13.7. The van der Waals surface area contributed by atoms with E-state index < -0.39 is 0 Å². The fourth-order valence-electron chi connectivity index (χ4n) is 1.94. The number of fused-ring (bicyclic) bond motifs is 1. The molecule has 0 fully saturated rings. The summed E-state index contributed by atoms with van der Waals surface area (Å²) in [7, 11) is 0. The van der Waals surface area contributed by atoms with Gasteiger partial charge in [-0.05, 0) is 23.3 Å². The zero-order valence-electron chi connectivity index (χ0n) is 10.9. The molecular formula is C15H18N2O2. The molecule has 2 aromatic carbocycles. The largest absolute Gasteiger partial charge is 0.394 e. The minimum atomic E-state index is -0.269. The Balaban J connectivity index is 2.04. The Morgan fingerprint density at radius 3 is 2.74 bits per heavy atom. The van der Waals surface area contributed by atoms with Crippen molar-refractivity contribution in [2.75, 3.05) is 6.61 Å². The predicted octanol–water partition coefficient (Wildman–Crippen LogP) is 2.02. The number of hydrogen-bond donors (Lipinski definition) is 3. The Labute approximate surface area is 112 Å². The first kappa shape index (κ1) is 13.4. The highest BCUT2D eigenvalue weighted by Gasteiger charge is 2.06. The molecule has 4 heteroatoms. The lowest BCUT2D eigenvalue weighted by atomic mass is 10.0. The van der Waals surface area contributed by atoms with Gasteiger partial charge in [-0.25, -0.2) is 4.79 Å². The van der Waals surface area contributed by atoms with E-state index in [9.17, 15) is 4.79 Å². The lowest BCUT2D eigenvalue weighted by molar-refractivity contribution is 0.220. The maximum atomic E-state index is 11.6. The van der Waals surface area contributed by atoms with Crippen LogP contribution in [0.4, 0.5) is 4.79 Å². The number of rotatable bonds is 4. The molecule has 1 atom stereocenters. The molecule has 2 amide bonds. The summed E-state index contributed by atoms with van der Waals surface area (Å²) in [5, 5.41) is 16.6. The summed E-state index contributed by atoms with van der Waals surface area (Å²) in [6, 6.07) is 13.6. The van der Waals surface area contributed by atoms with E-state index >= 15 is 0 Å². The first-order chi connectivity index (χ1) is 9.20. The molecule has 0 radical (unpaired) electrons. The number of aliphatic hydroxyl groups excluding tert-OH is 1. The van der Waals surface area contributed by atoms with E-state index in [0.29, 0.717) is 6.54 Å². The van der Waals surface area contributed by atoms with E-state index in [0.717, 1.165) is 16.3 Å². The standard InChI is InChI=1S/C15H18N2O2/c1-11(10-18)17-15(19)16-9-13-7-4-6-12-5-2-3-8-14(12)13/h2-8,11,18H,9-10H2,1H3,(H2,16,17,19). The van der Waals surface area contributed by atoms with Crippen LogP contribution in [-0.2, 0) is 6.54 Å². The molecule has 0 aliphatic rings. The predicted molar refractivity (Wildman–Crippen MR) is 75.9 cm³/mol. The van der Waals surface area contributed by atoms with Crippen LogP contribution in [0.1, 0.15) is 12.5 Å². The van der Waals surface area contributed by atoms with E-state index in [1.165, 1.54) is 0 Å². The van der Waals surface area contributed by atoms with Gasteiger partial charge in [-0.2, -0.15) is 0 Å². The molecule has 0 aliphatic carbocycles. The third kappa shape index (κ3) is 3.45. The molecule has 4 nitrogen and oxygen atoms in total. The molecule has 19 heavy (non-hydrogen) atoms. The highest BCUT2D eigenvalue weighted by molar-refractivity contribution is 5.86. The first-order valence-corrected chi connectivity index (χ1v) is 6.32. The Morgan fingerprint density at radius 2 is 1.95 bits per heavy atom. The first-order valence-electron chi connectivity index (χ1n) is 6.32. The monoisotopic (exact) mass is 258 g/mol. The van der Waals surface area contributed by atoms with Crippen molar-refractivity contribution in [3.63, 3.8) is 0 Å². The van der Waals surface area contributed by atoms with Crippen LogP contribution in [0.5, 0.6) is 0 Å². The molecule has 100 valence electrons. The third-order valence-corrected chi connectivity index (χ3v) is 2.97. The summed E-state index contributed by atoms with van der Waals surface area (Å²) >= 11 is 0. The van der Waals surface area contributed by atoms with Crippen LogP contribution in [0.25, 0.3) is 10.8 Å². The second kappa shape index (κ2) is 6.20. The molecule has 0 heterocycles. The van der Waals surface area contributed by atoms with Gasteiger partial charge in [0.15, 0.2) is 0 Å². The van der Waals surface area contributed by atoms with Crippen molar-refractivity contribution >= 4 is 16.8 Å². The lowest BCUT2D eigenvalue weighted by Gasteiger charge is -2.13. The van der Waals surface area contributed by atoms with Crippen LogP contribution in [0, 0.1) is 0 Å². The van der Waals surface area contributed by atoms with Gasteiger partial charge in [-0.1, -0.05) is 42.5 Å². The molecule has 2 rings (SSSR count). The van der Waals surface area contributed by atoms with Crippen LogP contribution in [0.3, 0.4) is 0 Å². The minimum absolute atomic E-state index is 0.0678. The van der Waals surface area contributed by atoms with Crippen molar-refractivity contribution in [3.8, 4) is 0 Å². The number of carbonyl (C=O) groups is 1. The van der Waals surface area contributed by atoms with Gasteiger partial charge in [0.25, 0.3) is 0 Å². The summed E-state index contributed by atoms with van der Waals surface area (Å²) in [5.41, 5.74) is 1.07. The molecule has 0 aromatic heterocycles. The van der Waals surface area contributed by atoms with Crippen molar-refractivity contribution in [2.45, 2.75) is 19.5 Å². The van der Waals surface area contributed by atoms with Gasteiger partial charge < -0.3 is 15.7 Å². The summed E-state index contributed by atoms with van der Waals surface area (Å²) in [6.07, 6.45) is 0. The number of benzene rings is 2. The molecule has 0 aliphatic heterocycles. The van der Waals surface area contributed by atoms with E-state index in [1.807, 2.05) is 42.5 Å². The van der Waals surface area contributed by atoms with Gasteiger partial charge in [0.1, 0.15) is 0 Å². The Kier molecular flexibility index (Phi) is 4.36. The number of urea groups is 1. The second-order valence-corrected chi connectivity index (χ2v) is 4.55. The summed E-state index contributed by atoms with van der Waals surface area (Å²) in [6.45, 7) is 2.14. The van der Waals surface area contributed by atoms with Gasteiger partial charge in [0.2, 0.25) is 0 Å². The smallest absolute Gasteiger partial charge is 0.315 e. The van der Waals surface area contributed by atoms with Gasteiger partial charge >= 0.3 is 6.03 Å². The highest BCUT2D eigenvalue weighted by Crippen LogP contribution is 2.18. The summed E-state index contributed by atoms with van der Waals surface area (Å²) in [4.78, 5) is 11.6. The minimum Gasteiger partial charge on any atom is -0.394 e.